The van der Waals surface area contributed by atoms with Gasteiger partial charge < -0.3 is 9.88 Å². The molecular formula is C21H27N5O3. The highest BCUT2D eigenvalue weighted by molar-refractivity contribution is 5.81. The molecule has 8 nitrogen and oxygen atoms in total. The maximum atomic E-state index is 12.9. The van der Waals surface area contributed by atoms with Crippen LogP contribution < -0.4 is 16.6 Å². The Labute approximate surface area is 168 Å². The Hall–Kier alpha value is -3.16. The lowest BCUT2D eigenvalue weighted by molar-refractivity contribution is -0.123. The number of benzene rings is 1. The quantitative estimate of drug-likeness (QED) is 0.684. The van der Waals surface area contributed by atoms with Crippen LogP contribution in [0.15, 0.2) is 52.6 Å². The molecule has 0 fully saturated rings. The van der Waals surface area contributed by atoms with Gasteiger partial charge >= 0.3 is 5.69 Å². The Balaban J connectivity index is 1.93. The number of carbonyl (C=O) groups excluding carboxylic acids is 1. The number of hydrogen-bond donors (Lipinski definition) is 1. The fourth-order valence-electron chi connectivity index (χ4n) is 3.33. The van der Waals surface area contributed by atoms with Gasteiger partial charge in [0.2, 0.25) is 5.91 Å². The summed E-state index contributed by atoms with van der Waals surface area (Å²) in [4.78, 5) is 42.3. The zero-order valence-electron chi connectivity index (χ0n) is 17.3. The summed E-state index contributed by atoms with van der Waals surface area (Å²) in [5.74, 6) is -0.279. The average Bonchev–Trinajstić information content (AvgIpc) is 3.17. The maximum Gasteiger partial charge on any atom is 0.331 e. The van der Waals surface area contributed by atoms with E-state index in [9.17, 15) is 14.4 Å². The highest BCUT2D eigenvalue weighted by Gasteiger charge is 2.27. The summed E-state index contributed by atoms with van der Waals surface area (Å²) in [5, 5.41) is 3.48. The van der Waals surface area contributed by atoms with Gasteiger partial charge in [-0.05, 0) is 24.5 Å². The van der Waals surface area contributed by atoms with Crippen LogP contribution in [0, 0.1) is 5.41 Å². The molecule has 29 heavy (non-hydrogen) atoms. The topological polar surface area (TPSA) is 90.9 Å². The van der Waals surface area contributed by atoms with E-state index >= 15 is 0 Å². The molecule has 0 spiro atoms. The van der Waals surface area contributed by atoms with E-state index in [-0.39, 0.29) is 36.0 Å². The summed E-state index contributed by atoms with van der Waals surface area (Å²) >= 11 is 0. The minimum atomic E-state index is -0.478. The monoisotopic (exact) mass is 397 g/mol. The fraction of sp³-hybridized carbons (Fsp3) is 0.429. The van der Waals surface area contributed by atoms with E-state index in [0.717, 1.165) is 4.57 Å². The number of rotatable bonds is 6. The standard InChI is InChI=1S/C21H27N5O3/c1-5-25-19(28)15-8-6-7-9-16(15)26(20(25)29)13-18(27)23-17(21(2,3)4)12-24-11-10-22-14-24/h6-11,14,17H,5,12-13H2,1-4H3,(H,23,27). The molecule has 2 aromatic heterocycles. The molecule has 3 rings (SSSR count). The number of aromatic nitrogens is 4. The van der Waals surface area contributed by atoms with E-state index < -0.39 is 5.69 Å². The minimum absolute atomic E-state index is 0.157. The molecule has 0 radical (unpaired) electrons. The van der Waals surface area contributed by atoms with Crippen molar-refractivity contribution in [3.8, 4) is 0 Å². The molecule has 0 bridgehead atoms. The van der Waals surface area contributed by atoms with Crippen molar-refractivity contribution in [2.75, 3.05) is 0 Å². The number of hydrogen-bond acceptors (Lipinski definition) is 4. The van der Waals surface area contributed by atoms with Crippen LogP contribution in [-0.4, -0.2) is 30.6 Å². The molecule has 1 aromatic carbocycles. The van der Waals surface area contributed by atoms with E-state index in [4.69, 9.17) is 0 Å². The minimum Gasteiger partial charge on any atom is -0.349 e. The van der Waals surface area contributed by atoms with Gasteiger partial charge in [0.15, 0.2) is 0 Å². The number of imidazole rings is 1. The van der Waals surface area contributed by atoms with Gasteiger partial charge in [-0.1, -0.05) is 32.9 Å². The van der Waals surface area contributed by atoms with Gasteiger partial charge in [-0.15, -0.1) is 0 Å². The molecule has 1 atom stereocenters. The van der Waals surface area contributed by atoms with Crippen LogP contribution in [0.25, 0.3) is 10.9 Å². The van der Waals surface area contributed by atoms with Crippen LogP contribution in [0.1, 0.15) is 27.7 Å². The normalized spacial score (nSPS) is 12.8. The molecule has 3 aromatic rings. The number of nitrogens with one attached hydrogen (secondary N) is 1. The predicted molar refractivity (Wildman–Crippen MR) is 112 cm³/mol. The third-order valence-corrected chi connectivity index (χ3v) is 5.08. The SMILES string of the molecule is CCn1c(=O)c2ccccc2n(CC(=O)NC(Cn2ccnc2)C(C)(C)C)c1=O. The molecule has 0 aliphatic rings. The maximum absolute atomic E-state index is 12.9. The molecule has 8 heteroatoms. The van der Waals surface area contributed by atoms with Crippen molar-refractivity contribution in [2.45, 2.75) is 53.4 Å². The summed E-state index contributed by atoms with van der Waals surface area (Å²) in [6.07, 6.45) is 5.25. The molecule has 0 saturated carbocycles. The third kappa shape index (κ3) is 4.31. The van der Waals surface area contributed by atoms with E-state index in [1.165, 1.54) is 4.57 Å². The van der Waals surface area contributed by atoms with Crippen LogP contribution >= 0.6 is 0 Å². The van der Waals surface area contributed by atoms with Gasteiger partial charge in [0.1, 0.15) is 6.54 Å². The van der Waals surface area contributed by atoms with Gasteiger partial charge in [-0.2, -0.15) is 0 Å². The summed E-state index contributed by atoms with van der Waals surface area (Å²) in [6.45, 7) is 8.54. The number of nitrogens with zero attached hydrogens (tertiary/aromatic N) is 4. The lowest BCUT2D eigenvalue weighted by atomic mass is 9.86. The first-order valence-electron chi connectivity index (χ1n) is 9.70. The van der Waals surface area contributed by atoms with Crippen LogP contribution in [-0.2, 0) is 24.4 Å². The molecular weight excluding hydrogens is 370 g/mol. The van der Waals surface area contributed by atoms with Gasteiger partial charge in [0, 0.05) is 25.5 Å². The van der Waals surface area contributed by atoms with Crippen LogP contribution in [0.3, 0.4) is 0 Å². The Kier molecular flexibility index (Phi) is 5.72. The smallest absolute Gasteiger partial charge is 0.331 e. The molecule has 0 aliphatic heterocycles. The molecule has 1 unspecified atom stereocenters. The van der Waals surface area contributed by atoms with Crippen molar-refractivity contribution >= 4 is 16.8 Å². The first-order chi connectivity index (χ1) is 13.7. The Morgan fingerprint density at radius 1 is 1.17 bits per heavy atom. The van der Waals surface area contributed by atoms with Crippen molar-refractivity contribution in [1.29, 1.82) is 0 Å². The zero-order chi connectivity index (χ0) is 21.2. The Morgan fingerprint density at radius 2 is 1.90 bits per heavy atom. The molecule has 154 valence electrons. The van der Waals surface area contributed by atoms with Gasteiger partial charge in [0.25, 0.3) is 5.56 Å². The van der Waals surface area contributed by atoms with Crippen molar-refractivity contribution in [2.24, 2.45) is 5.41 Å². The second-order valence-electron chi connectivity index (χ2n) is 8.18. The molecule has 1 N–H and O–H groups in total. The Morgan fingerprint density at radius 3 is 2.52 bits per heavy atom. The highest BCUT2D eigenvalue weighted by Crippen LogP contribution is 2.21. The predicted octanol–water partition coefficient (Wildman–Crippen LogP) is 1.61. The summed E-state index contributed by atoms with van der Waals surface area (Å²) in [7, 11) is 0. The molecule has 0 saturated heterocycles. The zero-order valence-corrected chi connectivity index (χ0v) is 17.3. The van der Waals surface area contributed by atoms with Crippen LogP contribution in [0.2, 0.25) is 0 Å². The van der Waals surface area contributed by atoms with E-state index in [1.807, 2.05) is 31.5 Å². The number of fused-ring (bicyclic) bond motifs is 1. The fourth-order valence-corrected chi connectivity index (χ4v) is 3.33. The average molecular weight is 397 g/mol. The molecule has 0 aliphatic carbocycles. The van der Waals surface area contributed by atoms with Gasteiger partial charge in [0.05, 0.1) is 23.3 Å². The van der Waals surface area contributed by atoms with Crippen molar-refractivity contribution in [3.05, 3.63) is 63.8 Å². The first-order valence-corrected chi connectivity index (χ1v) is 9.70. The molecule has 1 amide bonds. The number of amides is 1. The largest absolute Gasteiger partial charge is 0.349 e. The summed E-state index contributed by atoms with van der Waals surface area (Å²) < 4.78 is 4.43. The molecule has 2 heterocycles. The van der Waals surface area contributed by atoms with Gasteiger partial charge in [-0.25, -0.2) is 9.78 Å². The van der Waals surface area contributed by atoms with Gasteiger partial charge in [-0.3, -0.25) is 18.7 Å². The van der Waals surface area contributed by atoms with E-state index in [1.54, 1.807) is 43.7 Å². The van der Waals surface area contributed by atoms with Crippen LogP contribution in [0.5, 0.6) is 0 Å². The van der Waals surface area contributed by atoms with E-state index in [0.29, 0.717) is 17.4 Å². The Bertz CT molecular complexity index is 1120. The third-order valence-electron chi connectivity index (χ3n) is 5.08. The van der Waals surface area contributed by atoms with Crippen molar-refractivity contribution in [1.82, 2.24) is 24.0 Å². The second kappa shape index (κ2) is 8.06. The second-order valence-corrected chi connectivity index (χ2v) is 8.18. The summed E-state index contributed by atoms with van der Waals surface area (Å²) in [5.41, 5.74) is -0.551. The van der Waals surface area contributed by atoms with Crippen LogP contribution in [0.4, 0.5) is 0 Å². The lowest BCUT2D eigenvalue weighted by Crippen LogP contribution is -2.49. The van der Waals surface area contributed by atoms with Crippen molar-refractivity contribution in [3.63, 3.8) is 0 Å². The first kappa shape index (κ1) is 20.6. The summed E-state index contributed by atoms with van der Waals surface area (Å²) in [6, 6.07) is 6.71. The van der Waals surface area contributed by atoms with E-state index in [2.05, 4.69) is 10.3 Å². The lowest BCUT2D eigenvalue weighted by Gasteiger charge is -2.32. The van der Waals surface area contributed by atoms with Crippen molar-refractivity contribution < 1.29 is 4.79 Å². The number of para-hydroxylation sites is 1. The highest BCUT2D eigenvalue weighted by atomic mass is 16.2. The number of carbonyl (C=O) groups is 1.